The van der Waals surface area contributed by atoms with E-state index >= 15 is 0 Å². The van der Waals surface area contributed by atoms with Crippen LogP contribution in [0.15, 0.2) is 30.3 Å². The van der Waals surface area contributed by atoms with Gasteiger partial charge in [-0.1, -0.05) is 12.1 Å². The molecule has 1 aromatic carbocycles. The van der Waals surface area contributed by atoms with Gasteiger partial charge in [0.15, 0.2) is 0 Å². The molecule has 0 aliphatic heterocycles. The van der Waals surface area contributed by atoms with Gasteiger partial charge in [0.2, 0.25) is 5.91 Å². The lowest BCUT2D eigenvalue weighted by Crippen LogP contribution is -2.49. The first-order valence-corrected chi connectivity index (χ1v) is 5.73. The van der Waals surface area contributed by atoms with E-state index in [-0.39, 0.29) is 0 Å². The van der Waals surface area contributed by atoms with Gasteiger partial charge in [0.1, 0.15) is 11.3 Å². The van der Waals surface area contributed by atoms with E-state index in [1.54, 1.807) is 31.4 Å². The van der Waals surface area contributed by atoms with Crippen molar-refractivity contribution >= 4 is 18.0 Å². The lowest BCUT2D eigenvalue weighted by molar-refractivity contribution is -0.145. The van der Waals surface area contributed by atoms with Crippen molar-refractivity contribution in [2.45, 2.75) is 19.4 Å². The zero-order chi connectivity index (χ0) is 14.5. The number of benzene rings is 1. The molecule has 1 aromatic rings. The van der Waals surface area contributed by atoms with Gasteiger partial charge in [-0.25, -0.2) is 4.79 Å². The molecule has 1 rings (SSSR count). The highest BCUT2D eigenvalue weighted by molar-refractivity contribution is 5.95. The molecule has 0 radical (unpaired) electrons. The van der Waals surface area contributed by atoms with Gasteiger partial charge in [-0.2, -0.15) is 0 Å². The second-order valence-corrected chi connectivity index (χ2v) is 4.53. The van der Waals surface area contributed by atoms with Crippen LogP contribution in [-0.2, 0) is 9.59 Å². The molecule has 0 atom stereocenters. The molecule has 1 amide bonds. The maximum atomic E-state index is 11.6. The molecule has 0 fully saturated rings. The molecule has 2 N–H and O–H groups in total. The fraction of sp³-hybridized carbons (Fsp3) is 0.286. The Balaban J connectivity index is 2.71. The summed E-state index contributed by atoms with van der Waals surface area (Å²) in [7, 11) is 1.56. The number of nitrogens with one attached hydrogen (secondary N) is 1. The SMILES string of the molecule is COc1cccc(C=CC(=O)NC(C)(C)C(=O)O)c1. The number of ether oxygens (including phenoxy) is 1. The highest BCUT2D eigenvalue weighted by atomic mass is 16.5. The number of rotatable bonds is 5. The third-order valence-corrected chi connectivity index (χ3v) is 2.49. The molecule has 0 heterocycles. The van der Waals surface area contributed by atoms with Crippen molar-refractivity contribution in [3.05, 3.63) is 35.9 Å². The van der Waals surface area contributed by atoms with Crippen molar-refractivity contribution in [3.8, 4) is 5.75 Å². The van der Waals surface area contributed by atoms with Crippen molar-refractivity contribution in [2.75, 3.05) is 7.11 Å². The van der Waals surface area contributed by atoms with Crippen LogP contribution < -0.4 is 10.1 Å². The molecule has 102 valence electrons. The van der Waals surface area contributed by atoms with Crippen molar-refractivity contribution < 1.29 is 19.4 Å². The Bertz CT molecular complexity index is 506. The molecular weight excluding hydrogens is 246 g/mol. The van der Waals surface area contributed by atoms with Gasteiger partial charge in [0, 0.05) is 6.08 Å². The lowest BCUT2D eigenvalue weighted by atomic mass is 10.1. The Morgan fingerprint density at radius 3 is 2.63 bits per heavy atom. The third kappa shape index (κ3) is 4.46. The minimum atomic E-state index is -1.30. The number of carbonyl (C=O) groups excluding carboxylic acids is 1. The molecule has 5 heteroatoms. The average molecular weight is 263 g/mol. The van der Waals surface area contributed by atoms with E-state index in [9.17, 15) is 9.59 Å². The van der Waals surface area contributed by atoms with Crippen molar-refractivity contribution in [1.82, 2.24) is 5.32 Å². The molecule has 0 bridgehead atoms. The fourth-order valence-electron chi connectivity index (χ4n) is 1.32. The van der Waals surface area contributed by atoms with Gasteiger partial charge >= 0.3 is 5.97 Å². The highest BCUT2D eigenvalue weighted by Crippen LogP contribution is 2.13. The van der Waals surface area contributed by atoms with E-state index in [4.69, 9.17) is 9.84 Å². The Morgan fingerprint density at radius 2 is 2.05 bits per heavy atom. The summed E-state index contributed by atoms with van der Waals surface area (Å²) in [6, 6.07) is 7.18. The smallest absolute Gasteiger partial charge is 0.328 e. The summed E-state index contributed by atoms with van der Waals surface area (Å²) in [6.07, 6.45) is 2.88. The molecule has 19 heavy (non-hydrogen) atoms. The number of carbonyl (C=O) groups is 2. The predicted octanol–water partition coefficient (Wildman–Crippen LogP) is 1.69. The van der Waals surface area contributed by atoms with Crippen molar-refractivity contribution in [3.63, 3.8) is 0 Å². The van der Waals surface area contributed by atoms with Gasteiger partial charge in [-0.3, -0.25) is 4.79 Å². The van der Waals surface area contributed by atoms with Crippen molar-refractivity contribution in [1.29, 1.82) is 0 Å². The maximum Gasteiger partial charge on any atom is 0.328 e. The Morgan fingerprint density at radius 1 is 1.37 bits per heavy atom. The number of hydrogen-bond donors (Lipinski definition) is 2. The second-order valence-electron chi connectivity index (χ2n) is 4.53. The molecule has 0 spiro atoms. The van der Waals surface area contributed by atoms with E-state index in [0.717, 1.165) is 5.56 Å². The van der Waals surface area contributed by atoms with E-state index in [1.165, 1.54) is 19.9 Å². The number of amides is 1. The van der Waals surface area contributed by atoms with Crippen LogP contribution in [0.5, 0.6) is 5.75 Å². The van der Waals surface area contributed by atoms with Crippen LogP contribution in [0.4, 0.5) is 0 Å². The zero-order valence-electron chi connectivity index (χ0n) is 11.1. The second kappa shape index (κ2) is 6.04. The van der Waals surface area contributed by atoms with Gasteiger partial charge < -0.3 is 15.2 Å². The Hall–Kier alpha value is -2.30. The van der Waals surface area contributed by atoms with Crippen molar-refractivity contribution in [2.24, 2.45) is 0 Å². The van der Waals surface area contributed by atoms with Gasteiger partial charge in [-0.15, -0.1) is 0 Å². The maximum absolute atomic E-state index is 11.6. The first-order chi connectivity index (χ1) is 8.85. The van der Waals surface area contributed by atoms with E-state index < -0.39 is 17.4 Å². The number of methoxy groups -OCH3 is 1. The Labute approximate surface area is 111 Å². The van der Waals surface area contributed by atoms with Crippen LogP contribution in [0.1, 0.15) is 19.4 Å². The summed E-state index contributed by atoms with van der Waals surface area (Å²) >= 11 is 0. The molecular formula is C14H17NO4. The number of hydrogen-bond acceptors (Lipinski definition) is 3. The van der Waals surface area contributed by atoms with Crippen LogP contribution in [0, 0.1) is 0 Å². The predicted molar refractivity (Wildman–Crippen MR) is 71.9 cm³/mol. The molecule has 0 aliphatic carbocycles. The zero-order valence-corrected chi connectivity index (χ0v) is 11.1. The Kier molecular flexibility index (Phi) is 4.69. The molecule has 0 aliphatic rings. The van der Waals surface area contributed by atoms with E-state index in [0.29, 0.717) is 5.75 Å². The summed E-state index contributed by atoms with van der Waals surface area (Å²) in [4.78, 5) is 22.5. The molecule has 0 saturated heterocycles. The summed E-state index contributed by atoms with van der Waals surface area (Å²) in [6.45, 7) is 2.85. The van der Waals surface area contributed by atoms with E-state index in [2.05, 4.69) is 5.32 Å². The third-order valence-electron chi connectivity index (χ3n) is 2.49. The first kappa shape index (κ1) is 14.8. The molecule has 0 aromatic heterocycles. The summed E-state index contributed by atoms with van der Waals surface area (Å²) < 4.78 is 5.06. The van der Waals surface area contributed by atoms with E-state index in [1.807, 2.05) is 6.07 Å². The summed E-state index contributed by atoms with van der Waals surface area (Å²) in [5, 5.41) is 11.3. The summed E-state index contributed by atoms with van der Waals surface area (Å²) in [5.41, 5.74) is -0.502. The molecule has 0 saturated carbocycles. The quantitative estimate of drug-likeness (QED) is 0.793. The minimum absolute atomic E-state index is 0.463. The standard InChI is InChI=1S/C14H17NO4/c1-14(2,13(17)18)15-12(16)8-7-10-5-4-6-11(9-10)19-3/h4-9H,1-3H3,(H,15,16)(H,17,18). The topological polar surface area (TPSA) is 75.6 Å². The number of aliphatic carboxylic acids is 1. The number of carboxylic acids is 1. The average Bonchev–Trinajstić information content (AvgIpc) is 2.36. The molecule has 5 nitrogen and oxygen atoms in total. The highest BCUT2D eigenvalue weighted by Gasteiger charge is 2.27. The lowest BCUT2D eigenvalue weighted by Gasteiger charge is -2.19. The van der Waals surface area contributed by atoms with Crippen LogP contribution in [0.25, 0.3) is 6.08 Å². The van der Waals surface area contributed by atoms with Crippen LogP contribution in [0.2, 0.25) is 0 Å². The fourth-order valence-corrected chi connectivity index (χ4v) is 1.32. The largest absolute Gasteiger partial charge is 0.497 e. The normalized spacial score (nSPS) is 11.3. The summed E-state index contributed by atoms with van der Waals surface area (Å²) in [5.74, 6) is -0.862. The first-order valence-electron chi connectivity index (χ1n) is 5.73. The van der Waals surface area contributed by atoms with Crippen LogP contribution in [0.3, 0.4) is 0 Å². The monoisotopic (exact) mass is 263 g/mol. The van der Waals surface area contributed by atoms with Gasteiger partial charge in [0.25, 0.3) is 0 Å². The molecule has 0 unspecified atom stereocenters. The van der Waals surface area contributed by atoms with Crippen LogP contribution >= 0.6 is 0 Å². The van der Waals surface area contributed by atoms with Crippen LogP contribution in [-0.4, -0.2) is 29.6 Å². The number of carboxylic acid groups (broad SMARTS) is 1. The van der Waals surface area contributed by atoms with Gasteiger partial charge in [-0.05, 0) is 37.6 Å². The minimum Gasteiger partial charge on any atom is -0.497 e. The van der Waals surface area contributed by atoms with Gasteiger partial charge in [0.05, 0.1) is 7.11 Å².